The first-order valence-electron chi connectivity index (χ1n) is 9.51. The highest BCUT2D eigenvalue weighted by Gasteiger charge is 2.41. The Bertz CT molecular complexity index is 889. The maximum Gasteiger partial charge on any atom is 0.335 e. The Labute approximate surface area is 164 Å². The third-order valence-corrected chi connectivity index (χ3v) is 5.26. The van der Waals surface area contributed by atoms with Crippen molar-refractivity contribution < 1.29 is 19.1 Å². The van der Waals surface area contributed by atoms with E-state index in [1.807, 2.05) is 74.5 Å². The number of benzene rings is 2. The van der Waals surface area contributed by atoms with Crippen LogP contribution in [0.25, 0.3) is 0 Å². The van der Waals surface area contributed by atoms with Crippen LogP contribution in [0.4, 0.5) is 0 Å². The Hall–Kier alpha value is -3.14. The molecule has 0 saturated heterocycles. The monoisotopic (exact) mass is 374 g/mol. The van der Waals surface area contributed by atoms with Crippen LogP contribution in [-0.4, -0.2) is 24.1 Å². The normalized spacial score (nSPS) is 21.9. The Morgan fingerprint density at radius 1 is 0.643 bits per heavy atom. The van der Waals surface area contributed by atoms with Crippen LogP contribution in [-0.2, 0) is 31.9 Å². The molecule has 0 saturated carbocycles. The van der Waals surface area contributed by atoms with Crippen LogP contribution in [0.1, 0.15) is 25.0 Å². The number of esters is 2. The van der Waals surface area contributed by atoms with Crippen molar-refractivity contribution in [1.29, 1.82) is 0 Å². The van der Waals surface area contributed by atoms with Crippen molar-refractivity contribution in [3.63, 3.8) is 0 Å². The molecule has 0 bridgehead atoms. The molecule has 0 amide bonds. The lowest BCUT2D eigenvalue weighted by atomic mass is 9.87. The first-order chi connectivity index (χ1) is 13.5. The van der Waals surface area contributed by atoms with Gasteiger partial charge in [0.25, 0.3) is 0 Å². The minimum Gasteiger partial charge on any atom is -0.454 e. The number of hydrogen-bond donors (Lipinski definition) is 0. The molecule has 0 N–H and O–H groups in total. The Morgan fingerprint density at radius 2 is 1.00 bits per heavy atom. The summed E-state index contributed by atoms with van der Waals surface area (Å²) in [5.41, 5.74) is 4.90. The standard InChI is InChI=1S/C24H22O4/c1-15-21(19(23(25)27-15)13-17-9-5-3-6-10-17)22-16(2)28-24(26)20(22)14-18-11-7-4-8-12-18/h3-12,15-16H,13-14H2,1-2H3/t15-,16+. The summed E-state index contributed by atoms with van der Waals surface area (Å²) in [6, 6.07) is 19.6. The van der Waals surface area contributed by atoms with E-state index in [9.17, 15) is 9.59 Å². The molecule has 4 heteroatoms. The fourth-order valence-corrected chi connectivity index (χ4v) is 3.99. The number of ether oxygens (including phenoxy) is 2. The zero-order valence-corrected chi connectivity index (χ0v) is 16.0. The van der Waals surface area contributed by atoms with E-state index in [0.29, 0.717) is 24.0 Å². The van der Waals surface area contributed by atoms with Gasteiger partial charge in [0, 0.05) is 35.1 Å². The third-order valence-electron chi connectivity index (χ3n) is 5.26. The van der Waals surface area contributed by atoms with Crippen molar-refractivity contribution in [3.8, 4) is 0 Å². The summed E-state index contributed by atoms with van der Waals surface area (Å²) < 4.78 is 11.1. The van der Waals surface area contributed by atoms with Gasteiger partial charge in [0.15, 0.2) is 0 Å². The van der Waals surface area contributed by atoms with Gasteiger partial charge < -0.3 is 9.47 Å². The molecule has 2 aromatic carbocycles. The topological polar surface area (TPSA) is 52.6 Å². The Kier molecular flexibility index (Phi) is 4.86. The summed E-state index contributed by atoms with van der Waals surface area (Å²) in [6.45, 7) is 3.71. The number of rotatable bonds is 5. The van der Waals surface area contributed by atoms with E-state index in [1.165, 1.54) is 0 Å². The van der Waals surface area contributed by atoms with E-state index in [0.717, 1.165) is 22.3 Å². The summed E-state index contributed by atoms with van der Waals surface area (Å²) in [4.78, 5) is 25.2. The van der Waals surface area contributed by atoms with Gasteiger partial charge in [-0.05, 0) is 25.0 Å². The van der Waals surface area contributed by atoms with Gasteiger partial charge in [0.2, 0.25) is 0 Å². The molecule has 0 fully saturated rings. The fraction of sp³-hybridized carbons (Fsp3) is 0.250. The van der Waals surface area contributed by atoms with Crippen LogP contribution in [0.5, 0.6) is 0 Å². The number of carbonyl (C=O) groups excluding carboxylic acids is 2. The van der Waals surface area contributed by atoms with Gasteiger partial charge in [0.1, 0.15) is 12.2 Å². The number of hydrogen-bond acceptors (Lipinski definition) is 4. The van der Waals surface area contributed by atoms with Crippen molar-refractivity contribution >= 4 is 11.9 Å². The van der Waals surface area contributed by atoms with Crippen molar-refractivity contribution in [2.24, 2.45) is 0 Å². The molecular weight excluding hydrogens is 352 g/mol. The van der Waals surface area contributed by atoms with Crippen LogP contribution in [0, 0.1) is 0 Å². The van der Waals surface area contributed by atoms with E-state index in [1.54, 1.807) is 0 Å². The average molecular weight is 374 g/mol. The average Bonchev–Trinajstić information content (AvgIpc) is 3.11. The van der Waals surface area contributed by atoms with Crippen LogP contribution < -0.4 is 0 Å². The second-order valence-corrected chi connectivity index (χ2v) is 7.20. The molecule has 142 valence electrons. The lowest BCUT2D eigenvalue weighted by Gasteiger charge is -2.15. The van der Waals surface area contributed by atoms with Gasteiger partial charge in [-0.1, -0.05) is 60.7 Å². The lowest BCUT2D eigenvalue weighted by Crippen LogP contribution is -2.14. The molecule has 2 aromatic rings. The molecule has 4 nitrogen and oxygen atoms in total. The Balaban J connectivity index is 1.81. The van der Waals surface area contributed by atoms with Gasteiger partial charge in [-0.25, -0.2) is 9.59 Å². The smallest absolute Gasteiger partial charge is 0.335 e. The molecule has 2 atom stereocenters. The summed E-state index contributed by atoms with van der Waals surface area (Å²) in [5.74, 6) is -0.631. The highest BCUT2D eigenvalue weighted by atomic mass is 16.6. The highest BCUT2D eigenvalue weighted by molar-refractivity contribution is 5.98. The predicted octanol–water partition coefficient (Wildman–Crippen LogP) is 3.96. The molecule has 0 spiro atoms. The van der Waals surface area contributed by atoms with E-state index in [-0.39, 0.29) is 11.9 Å². The maximum absolute atomic E-state index is 12.6. The van der Waals surface area contributed by atoms with Gasteiger partial charge in [-0.2, -0.15) is 0 Å². The number of cyclic esters (lactones) is 2. The quantitative estimate of drug-likeness (QED) is 0.744. The van der Waals surface area contributed by atoms with Crippen molar-refractivity contribution in [2.75, 3.05) is 0 Å². The molecule has 2 heterocycles. The number of carbonyl (C=O) groups is 2. The van der Waals surface area contributed by atoms with E-state index in [4.69, 9.17) is 9.47 Å². The third kappa shape index (κ3) is 3.38. The summed E-state index contributed by atoms with van der Waals surface area (Å²) >= 11 is 0. The first-order valence-corrected chi connectivity index (χ1v) is 9.51. The first kappa shape index (κ1) is 18.2. The summed E-state index contributed by atoms with van der Waals surface area (Å²) in [7, 11) is 0. The fourth-order valence-electron chi connectivity index (χ4n) is 3.99. The minimum absolute atomic E-state index is 0.315. The molecular formula is C24H22O4. The summed E-state index contributed by atoms with van der Waals surface area (Å²) in [6.07, 6.45) is 0.151. The largest absolute Gasteiger partial charge is 0.454 e. The van der Waals surface area contributed by atoms with Crippen LogP contribution >= 0.6 is 0 Å². The van der Waals surface area contributed by atoms with Crippen molar-refractivity contribution in [2.45, 2.75) is 38.9 Å². The van der Waals surface area contributed by atoms with Gasteiger partial charge >= 0.3 is 11.9 Å². The highest BCUT2D eigenvalue weighted by Crippen LogP contribution is 2.39. The molecule has 0 aromatic heterocycles. The molecule has 0 unspecified atom stereocenters. The van der Waals surface area contributed by atoms with Gasteiger partial charge in [-0.3, -0.25) is 0 Å². The van der Waals surface area contributed by atoms with Crippen LogP contribution in [0.2, 0.25) is 0 Å². The van der Waals surface area contributed by atoms with Crippen molar-refractivity contribution in [1.82, 2.24) is 0 Å². The Morgan fingerprint density at radius 3 is 1.36 bits per heavy atom. The minimum atomic E-state index is -0.399. The maximum atomic E-state index is 12.6. The zero-order chi connectivity index (χ0) is 19.7. The van der Waals surface area contributed by atoms with Gasteiger partial charge in [-0.15, -0.1) is 0 Å². The molecule has 0 aliphatic carbocycles. The van der Waals surface area contributed by atoms with Gasteiger partial charge in [0.05, 0.1) is 0 Å². The second kappa shape index (κ2) is 7.47. The molecule has 4 rings (SSSR count). The zero-order valence-electron chi connectivity index (χ0n) is 16.0. The SMILES string of the molecule is C[C@@H]1OC(=O)C(Cc2ccccc2)=C1C1=C(Cc2ccccc2)C(=O)O[C@@H]1C. The predicted molar refractivity (Wildman–Crippen MR) is 105 cm³/mol. The van der Waals surface area contributed by atoms with Crippen molar-refractivity contribution in [3.05, 3.63) is 94.1 Å². The molecule has 28 heavy (non-hydrogen) atoms. The molecule has 2 aliphatic heterocycles. The summed E-state index contributed by atoms with van der Waals surface area (Å²) in [5, 5.41) is 0. The van der Waals surface area contributed by atoms with E-state index in [2.05, 4.69) is 0 Å². The molecule has 0 radical (unpaired) electrons. The van der Waals surface area contributed by atoms with E-state index < -0.39 is 12.2 Å². The lowest BCUT2D eigenvalue weighted by molar-refractivity contribution is -0.140. The second-order valence-electron chi connectivity index (χ2n) is 7.20. The van der Waals surface area contributed by atoms with E-state index >= 15 is 0 Å². The van der Waals surface area contributed by atoms with Crippen LogP contribution in [0.3, 0.4) is 0 Å². The molecule has 2 aliphatic rings. The van der Waals surface area contributed by atoms with Crippen LogP contribution in [0.15, 0.2) is 83.0 Å².